The fourth-order valence-electron chi connectivity index (χ4n) is 3.00. The molecule has 0 fully saturated rings. The van der Waals surface area contributed by atoms with Gasteiger partial charge in [-0.1, -0.05) is 45.9 Å². The molecular formula is C22H24N6. The maximum atomic E-state index is 8.90. The van der Waals surface area contributed by atoms with E-state index in [1.807, 2.05) is 12.1 Å². The van der Waals surface area contributed by atoms with Gasteiger partial charge in [0.2, 0.25) is 5.95 Å². The molecule has 0 amide bonds. The van der Waals surface area contributed by atoms with E-state index in [4.69, 9.17) is 5.26 Å². The van der Waals surface area contributed by atoms with Gasteiger partial charge in [-0.3, -0.25) is 0 Å². The van der Waals surface area contributed by atoms with Crippen LogP contribution in [0.4, 0.5) is 23.1 Å². The van der Waals surface area contributed by atoms with Crippen molar-refractivity contribution in [2.75, 3.05) is 10.6 Å². The van der Waals surface area contributed by atoms with Crippen molar-refractivity contribution in [3.63, 3.8) is 0 Å². The van der Waals surface area contributed by atoms with Crippen LogP contribution in [0, 0.1) is 11.3 Å². The average Bonchev–Trinajstić information content (AvgIpc) is 2.68. The van der Waals surface area contributed by atoms with Crippen molar-refractivity contribution in [3.05, 3.63) is 65.4 Å². The minimum atomic E-state index is 0.382. The van der Waals surface area contributed by atoms with E-state index in [1.165, 1.54) is 11.1 Å². The van der Waals surface area contributed by atoms with Gasteiger partial charge in [-0.2, -0.15) is 15.3 Å². The molecule has 0 atom stereocenters. The Labute approximate surface area is 165 Å². The number of nitrogens with zero attached hydrogens (tertiary/aromatic N) is 4. The summed E-state index contributed by atoms with van der Waals surface area (Å²) in [6, 6.07) is 15.6. The Morgan fingerprint density at radius 3 is 2.11 bits per heavy atom. The van der Waals surface area contributed by atoms with Crippen molar-refractivity contribution in [3.8, 4) is 6.07 Å². The second-order valence-electron chi connectivity index (χ2n) is 7.23. The highest BCUT2D eigenvalue weighted by Crippen LogP contribution is 2.34. The third kappa shape index (κ3) is 4.44. The van der Waals surface area contributed by atoms with Crippen LogP contribution in [0.2, 0.25) is 0 Å². The summed E-state index contributed by atoms with van der Waals surface area (Å²) in [6.07, 6.45) is 1.62. The highest BCUT2D eigenvalue weighted by Gasteiger charge is 2.14. The van der Waals surface area contributed by atoms with Gasteiger partial charge in [0.15, 0.2) is 5.82 Å². The summed E-state index contributed by atoms with van der Waals surface area (Å²) in [5.74, 6) is 1.78. The molecule has 0 saturated carbocycles. The van der Waals surface area contributed by atoms with Crippen molar-refractivity contribution < 1.29 is 0 Å². The van der Waals surface area contributed by atoms with Gasteiger partial charge in [0, 0.05) is 11.4 Å². The Bertz CT molecular complexity index is 960. The zero-order valence-electron chi connectivity index (χ0n) is 16.6. The van der Waals surface area contributed by atoms with Crippen LogP contribution in [-0.2, 0) is 0 Å². The molecule has 6 heteroatoms. The molecule has 1 aromatic heterocycles. The third-order valence-corrected chi connectivity index (χ3v) is 4.45. The van der Waals surface area contributed by atoms with Gasteiger partial charge in [0.1, 0.15) is 0 Å². The van der Waals surface area contributed by atoms with Crippen LogP contribution in [0.25, 0.3) is 0 Å². The largest absolute Gasteiger partial charge is 0.338 e. The van der Waals surface area contributed by atoms with Crippen molar-refractivity contribution in [1.82, 2.24) is 15.2 Å². The van der Waals surface area contributed by atoms with E-state index in [1.54, 1.807) is 18.3 Å². The molecule has 28 heavy (non-hydrogen) atoms. The van der Waals surface area contributed by atoms with Crippen LogP contribution in [0.15, 0.2) is 48.7 Å². The lowest BCUT2D eigenvalue weighted by Crippen LogP contribution is -2.07. The molecule has 3 rings (SSSR count). The number of benzene rings is 2. The zero-order chi connectivity index (χ0) is 20.1. The van der Waals surface area contributed by atoms with Gasteiger partial charge in [-0.15, -0.1) is 5.10 Å². The fourth-order valence-corrected chi connectivity index (χ4v) is 3.00. The minimum Gasteiger partial charge on any atom is -0.338 e. The normalized spacial score (nSPS) is 10.8. The van der Waals surface area contributed by atoms with Gasteiger partial charge in [0.05, 0.1) is 17.8 Å². The van der Waals surface area contributed by atoms with Gasteiger partial charge in [0.25, 0.3) is 0 Å². The minimum absolute atomic E-state index is 0.382. The topological polar surface area (TPSA) is 86.5 Å². The monoisotopic (exact) mass is 372 g/mol. The molecule has 0 unspecified atom stereocenters. The smallest absolute Gasteiger partial charge is 0.249 e. The molecule has 0 aliphatic rings. The lowest BCUT2D eigenvalue weighted by atomic mass is 9.92. The lowest BCUT2D eigenvalue weighted by molar-refractivity contribution is 0.837. The number of nitriles is 1. The predicted molar refractivity (Wildman–Crippen MR) is 112 cm³/mol. The van der Waals surface area contributed by atoms with Gasteiger partial charge >= 0.3 is 0 Å². The number of hydrogen-bond acceptors (Lipinski definition) is 6. The zero-order valence-corrected chi connectivity index (χ0v) is 16.6. The van der Waals surface area contributed by atoms with E-state index in [9.17, 15) is 0 Å². The van der Waals surface area contributed by atoms with E-state index in [-0.39, 0.29) is 0 Å². The first-order valence-corrected chi connectivity index (χ1v) is 9.34. The molecular weight excluding hydrogens is 348 g/mol. The Hall–Kier alpha value is -3.46. The second kappa shape index (κ2) is 8.49. The van der Waals surface area contributed by atoms with Crippen molar-refractivity contribution in [2.45, 2.75) is 39.5 Å². The quantitative estimate of drug-likeness (QED) is 0.596. The molecule has 0 aliphatic heterocycles. The van der Waals surface area contributed by atoms with Crippen LogP contribution in [-0.4, -0.2) is 15.2 Å². The number of anilines is 4. The second-order valence-corrected chi connectivity index (χ2v) is 7.23. The first-order chi connectivity index (χ1) is 13.5. The van der Waals surface area contributed by atoms with Crippen LogP contribution >= 0.6 is 0 Å². The molecule has 1 heterocycles. The van der Waals surface area contributed by atoms with Gasteiger partial charge in [-0.05, 0) is 47.2 Å². The molecule has 2 aromatic carbocycles. The maximum Gasteiger partial charge on any atom is 0.249 e. The molecule has 0 radical (unpaired) electrons. The Morgan fingerprint density at radius 1 is 0.893 bits per heavy atom. The molecule has 0 spiro atoms. The third-order valence-electron chi connectivity index (χ3n) is 4.45. The first kappa shape index (κ1) is 19.3. The molecule has 0 aliphatic carbocycles. The van der Waals surface area contributed by atoms with Crippen molar-refractivity contribution >= 4 is 23.1 Å². The molecule has 2 N–H and O–H groups in total. The van der Waals surface area contributed by atoms with Crippen LogP contribution < -0.4 is 10.6 Å². The Balaban J connectivity index is 1.88. The van der Waals surface area contributed by atoms with E-state index in [0.717, 1.165) is 11.4 Å². The van der Waals surface area contributed by atoms with Gasteiger partial charge in [-0.25, -0.2) is 0 Å². The van der Waals surface area contributed by atoms with E-state index >= 15 is 0 Å². The first-order valence-electron chi connectivity index (χ1n) is 9.34. The number of aromatic nitrogens is 3. The summed E-state index contributed by atoms with van der Waals surface area (Å²) >= 11 is 0. The maximum absolute atomic E-state index is 8.90. The fraction of sp³-hybridized carbons (Fsp3) is 0.273. The molecule has 0 bridgehead atoms. The van der Waals surface area contributed by atoms with E-state index in [2.05, 4.69) is 77.8 Å². The summed E-state index contributed by atoms with van der Waals surface area (Å²) in [5.41, 5.74) is 4.96. The number of hydrogen-bond donors (Lipinski definition) is 2. The summed E-state index contributed by atoms with van der Waals surface area (Å²) in [6.45, 7) is 8.73. The Morgan fingerprint density at radius 2 is 1.54 bits per heavy atom. The van der Waals surface area contributed by atoms with Crippen LogP contribution in [0.1, 0.15) is 56.2 Å². The van der Waals surface area contributed by atoms with Crippen LogP contribution in [0.5, 0.6) is 0 Å². The Kier molecular flexibility index (Phi) is 5.85. The summed E-state index contributed by atoms with van der Waals surface area (Å²) in [5, 5.41) is 23.6. The van der Waals surface area contributed by atoms with E-state index in [0.29, 0.717) is 29.2 Å². The van der Waals surface area contributed by atoms with Crippen molar-refractivity contribution in [2.24, 2.45) is 0 Å². The highest BCUT2D eigenvalue weighted by molar-refractivity contribution is 5.67. The van der Waals surface area contributed by atoms with E-state index < -0.39 is 0 Å². The predicted octanol–water partition coefficient (Wildman–Crippen LogP) is 5.48. The summed E-state index contributed by atoms with van der Waals surface area (Å²) < 4.78 is 0. The van der Waals surface area contributed by atoms with Crippen molar-refractivity contribution in [1.29, 1.82) is 5.26 Å². The van der Waals surface area contributed by atoms with Crippen LogP contribution in [0.3, 0.4) is 0 Å². The number of nitrogens with one attached hydrogen (secondary N) is 2. The molecule has 3 aromatic rings. The lowest BCUT2D eigenvalue weighted by Gasteiger charge is -2.20. The van der Waals surface area contributed by atoms with Gasteiger partial charge < -0.3 is 10.6 Å². The molecule has 0 saturated heterocycles. The number of para-hydroxylation sites is 1. The SMILES string of the molecule is CC(C)c1cccc(C(C)C)c1Nc1cnnc(Nc2ccc(C#N)cc2)n1. The standard InChI is InChI=1S/C22H24N6/c1-14(2)18-6-5-7-19(15(3)4)21(18)26-20-13-24-28-22(27-20)25-17-10-8-16(12-23)9-11-17/h5-11,13-15H,1-4H3,(H2,25,26,27,28). The number of rotatable bonds is 6. The summed E-state index contributed by atoms with van der Waals surface area (Å²) in [7, 11) is 0. The summed E-state index contributed by atoms with van der Waals surface area (Å²) in [4.78, 5) is 4.55. The average molecular weight is 372 g/mol. The highest BCUT2D eigenvalue weighted by atomic mass is 15.3. The molecule has 142 valence electrons. The molecule has 6 nitrogen and oxygen atoms in total.